The molecule has 1 aromatic carbocycles. The summed E-state index contributed by atoms with van der Waals surface area (Å²) in [6.45, 7) is 4.00. The maximum atomic E-state index is 12.0. The minimum atomic E-state index is -0.0694. The summed E-state index contributed by atoms with van der Waals surface area (Å²) in [5.41, 5.74) is 1.17. The maximum Gasteiger partial charge on any atom is 0.251 e. The smallest absolute Gasteiger partial charge is 0.251 e. The first-order valence-electron chi connectivity index (χ1n) is 6.22. The van der Waals surface area contributed by atoms with E-state index in [1.807, 2.05) is 6.07 Å². The van der Waals surface area contributed by atoms with Crippen molar-refractivity contribution in [2.75, 3.05) is 13.1 Å². The molecular weight excluding hydrogens is 262 g/mol. The summed E-state index contributed by atoms with van der Waals surface area (Å²) in [7, 11) is 0. The lowest BCUT2D eigenvalue weighted by atomic mass is 9.94. The molecule has 0 bridgehead atoms. The molecule has 0 spiro atoms. The lowest BCUT2D eigenvalue weighted by molar-refractivity contribution is 0.0915. The average Bonchev–Trinajstić information content (AvgIpc) is 2.41. The van der Waals surface area contributed by atoms with Gasteiger partial charge in [-0.15, -0.1) is 12.4 Å². The Balaban J connectivity index is 0.00000180. The molecular formula is C14H18ClN3O. The molecule has 2 unspecified atom stereocenters. The quantitative estimate of drug-likeness (QED) is 0.866. The molecule has 0 aromatic heterocycles. The highest BCUT2D eigenvalue weighted by Crippen LogP contribution is 2.12. The fraction of sp³-hybridized carbons (Fsp3) is 0.429. The maximum absolute atomic E-state index is 12.0. The molecule has 0 aliphatic carbocycles. The van der Waals surface area contributed by atoms with Crippen LogP contribution in [0, 0.1) is 17.2 Å². The lowest BCUT2D eigenvalue weighted by Gasteiger charge is -2.30. The van der Waals surface area contributed by atoms with E-state index in [0.717, 1.165) is 19.5 Å². The van der Waals surface area contributed by atoms with Crippen LogP contribution in [-0.2, 0) is 0 Å². The van der Waals surface area contributed by atoms with Gasteiger partial charge in [0.2, 0.25) is 0 Å². The van der Waals surface area contributed by atoms with Crippen molar-refractivity contribution >= 4 is 18.3 Å². The molecule has 1 aromatic rings. The average molecular weight is 280 g/mol. The van der Waals surface area contributed by atoms with E-state index < -0.39 is 0 Å². The zero-order chi connectivity index (χ0) is 13.0. The van der Waals surface area contributed by atoms with Crippen LogP contribution in [0.25, 0.3) is 0 Å². The highest BCUT2D eigenvalue weighted by Gasteiger charge is 2.22. The molecule has 2 rings (SSSR count). The summed E-state index contributed by atoms with van der Waals surface area (Å²) < 4.78 is 0. The minimum absolute atomic E-state index is 0. The number of hydrogen-bond donors (Lipinski definition) is 2. The number of carbonyl (C=O) groups is 1. The topological polar surface area (TPSA) is 64.9 Å². The predicted octanol–water partition coefficient (Wildman–Crippen LogP) is 1.71. The molecule has 4 nitrogen and oxygen atoms in total. The van der Waals surface area contributed by atoms with E-state index in [-0.39, 0.29) is 24.4 Å². The third kappa shape index (κ3) is 3.95. The van der Waals surface area contributed by atoms with Crippen molar-refractivity contribution < 1.29 is 4.79 Å². The third-order valence-corrected chi connectivity index (χ3v) is 3.42. The molecule has 0 saturated carbocycles. The van der Waals surface area contributed by atoms with Gasteiger partial charge in [0.25, 0.3) is 5.91 Å². The fourth-order valence-electron chi connectivity index (χ4n) is 2.13. The number of benzene rings is 1. The molecule has 1 amide bonds. The van der Waals surface area contributed by atoms with E-state index in [4.69, 9.17) is 5.26 Å². The molecule has 1 fully saturated rings. The van der Waals surface area contributed by atoms with E-state index in [2.05, 4.69) is 17.6 Å². The van der Waals surface area contributed by atoms with Gasteiger partial charge in [0.05, 0.1) is 11.6 Å². The second-order valence-corrected chi connectivity index (χ2v) is 4.74. The van der Waals surface area contributed by atoms with Crippen LogP contribution < -0.4 is 10.6 Å². The van der Waals surface area contributed by atoms with Crippen LogP contribution in [0.1, 0.15) is 29.3 Å². The van der Waals surface area contributed by atoms with E-state index >= 15 is 0 Å². The molecule has 2 atom stereocenters. The monoisotopic (exact) mass is 279 g/mol. The van der Waals surface area contributed by atoms with Crippen LogP contribution >= 0.6 is 12.4 Å². The first kappa shape index (κ1) is 15.5. The Morgan fingerprint density at radius 3 is 2.68 bits per heavy atom. The number of nitriles is 1. The molecule has 0 radical (unpaired) electrons. The third-order valence-electron chi connectivity index (χ3n) is 3.42. The normalized spacial score (nSPS) is 21.9. The van der Waals surface area contributed by atoms with Crippen molar-refractivity contribution in [1.29, 1.82) is 5.26 Å². The van der Waals surface area contributed by atoms with Gasteiger partial charge in [-0.3, -0.25) is 4.79 Å². The molecule has 1 heterocycles. The van der Waals surface area contributed by atoms with Crippen LogP contribution in [0.2, 0.25) is 0 Å². The van der Waals surface area contributed by atoms with Crippen LogP contribution in [-0.4, -0.2) is 25.0 Å². The van der Waals surface area contributed by atoms with Crippen molar-refractivity contribution in [3.05, 3.63) is 35.4 Å². The van der Waals surface area contributed by atoms with Crippen LogP contribution in [0.4, 0.5) is 0 Å². The van der Waals surface area contributed by atoms with Gasteiger partial charge in [0, 0.05) is 18.2 Å². The van der Waals surface area contributed by atoms with Gasteiger partial charge in [0.15, 0.2) is 0 Å². The Labute approximate surface area is 119 Å². The van der Waals surface area contributed by atoms with E-state index in [1.54, 1.807) is 24.3 Å². The number of amides is 1. The summed E-state index contributed by atoms with van der Waals surface area (Å²) in [6, 6.07) is 8.93. The number of halogens is 1. The molecule has 102 valence electrons. The summed E-state index contributed by atoms with van der Waals surface area (Å²) in [5.74, 6) is 0.425. The van der Waals surface area contributed by atoms with Crippen molar-refractivity contribution in [3.63, 3.8) is 0 Å². The second kappa shape index (κ2) is 7.13. The molecule has 1 saturated heterocycles. The second-order valence-electron chi connectivity index (χ2n) is 4.74. The first-order chi connectivity index (χ1) is 8.70. The largest absolute Gasteiger partial charge is 0.348 e. The zero-order valence-corrected chi connectivity index (χ0v) is 11.7. The molecule has 1 aliphatic heterocycles. The van der Waals surface area contributed by atoms with Crippen LogP contribution in [0.5, 0.6) is 0 Å². The van der Waals surface area contributed by atoms with Gasteiger partial charge in [-0.25, -0.2) is 0 Å². The molecule has 1 aliphatic rings. The van der Waals surface area contributed by atoms with Gasteiger partial charge in [0.1, 0.15) is 0 Å². The minimum Gasteiger partial charge on any atom is -0.348 e. The van der Waals surface area contributed by atoms with Gasteiger partial charge in [-0.2, -0.15) is 5.26 Å². The Hall–Kier alpha value is -1.57. The Bertz CT molecular complexity index is 467. The summed E-state index contributed by atoms with van der Waals surface area (Å²) in [5, 5.41) is 15.0. The number of carbonyl (C=O) groups excluding carboxylic acids is 1. The van der Waals surface area contributed by atoms with Crippen molar-refractivity contribution in [3.8, 4) is 6.07 Å². The van der Waals surface area contributed by atoms with Crippen LogP contribution in [0.15, 0.2) is 24.3 Å². The first-order valence-corrected chi connectivity index (χ1v) is 6.22. The highest BCUT2D eigenvalue weighted by molar-refractivity contribution is 5.94. The van der Waals surface area contributed by atoms with Crippen molar-refractivity contribution in [2.24, 2.45) is 5.92 Å². The summed E-state index contributed by atoms with van der Waals surface area (Å²) in [6.07, 6.45) is 1.08. The predicted molar refractivity (Wildman–Crippen MR) is 76.3 cm³/mol. The Kier molecular flexibility index (Phi) is 5.81. The molecule has 5 heteroatoms. The van der Waals surface area contributed by atoms with E-state index in [1.165, 1.54) is 0 Å². The zero-order valence-electron chi connectivity index (χ0n) is 10.8. The number of piperidine rings is 1. The van der Waals surface area contributed by atoms with Crippen molar-refractivity contribution in [1.82, 2.24) is 10.6 Å². The number of nitrogens with zero attached hydrogens (tertiary/aromatic N) is 1. The standard InChI is InChI=1S/C14H17N3O.ClH/c1-10-6-7-16-9-13(10)17-14(18)12-4-2-11(8-15)3-5-12;/h2-5,10,13,16H,6-7,9H2,1H3,(H,17,18);1H. The highest BCUT2D eigenvalue weighted by atomic mass is 35.5. The van der Waals surface area contributed by atoms with Gasteiger partial charge < -0.3 is 10.6 Å². The van der Waals surface area contributed by atoms with Crippen LogP contribution in [0.3, 0.4) is 0 Å². The van der Waals surface area contributed by atoms with Gasteiger partial charge >= 0.3 is 0 Å². The summed E-state index contributed by atoms with van der Waals surface area (Å²) in [4.78, 5) is 12.0. The lowest BCUT2D eigenvalue weighted by Crippen LogP contribution is -2.50. The summed E-state index contributed by atoms with van der Waals surface area (Å²) >= 11 is 0. The van der Waals surface area contributed by atoms with E-state index in [9.17, 15) is 4.79 Å². The van der Waals surface area contributed by atoms with E-state index in [0.29, 0.717) is 17.0 Å². The Morgan fingerprint density at radius 1 is 1.42 bits per heavy atom. The molecule has 19 heavy (non-hydrogen) atoms. The fourth-order valence-corrected chi connectivity index (χ4v) is 2.13. The number of hydrogen-bond acceptors (Lipinski definition) is 3. The van der Waals surface area contributed by atoms with Crippen molar-refractivity contribution in [2.45, 2.75) is 19.4 Å². The SMILES string of the molecule is CC1CCNCC1NC(=O)c1ccc(C#N)cc1.Cl. The van der Waals surface area contributed by atoms with Gasteiger partial charge in [-0.05, 0) is 43.1 Å². The Morgan fingerprint density at radius 2 is 2.11 bits per heavy atom. The number of nitrogens with one attached hydrogen (secondary N) is 2. The molecule has 2 N–H and O–H groups in total. The van der Waals surface area contributed by atoms with Gasteiger partial charge in [-0.1, -0.05) is 6.92 Å². The number of rotatable bonds is 2.